The predicted molar refractivity (Wildman–Crippen MR) is 83.5 cm³/mol. The van der Waals surface area contributed by atoms with E-state index >= 15 is 0 Å². The Morgan fingerprint density at radius 2 is 1.65 bits per heavy atom. The summed E-state index contributed by atoms with van der Waals surface area (Å²) >= 11 is 0. The van der Waals surface area contributed by atoms with Crippen LogP contribution in [-0.2, 0) is 22.8 Å². The summed E-state index contributed by atoms with van der Waals surface area (Å²) < 4.78 is 22.7. The van der Waals surface area contributed by atoms with Crippen LogP contribution in [0.3, 0.4) is 0 Å². The molecule has 0 atom stereocenters. The van der Waals surface area contributed by atoms with E-state index in [1.54, 1.807) is 0 Å². The zero-order valence-corrected chi connectivity index (χ0v) is 13.2. The van der Waals surface area contributed by atoms with E-state index in [-0.39, 0.29) is 0 Å². The number of hydrogen-bond donors (Lipinski definition) is 1. The van der Waals surface area contributed by atoms with E-state index in [9.17, 15) is 8.42 Å². The molecule has 1 aliphatic heterocycles. The smallest absolute Gasteiger partial charge is 0.150 e. The van der Waals surface area contributed by atoms with Crippen molar-refractivity contribution >= 4 is 9.84 Å². The first kappa shape index (κ1) is 15.5. The van der Waals surface area contributed by atoms with Crippen LogP contribution in [0.2, 0.25) is 0 Å². The maximum atomic E-state index is 11.4. The monoisotopic (exact) mass is 295 g/mol. The minimum atomic E-state index is -2.76. The van der Waals surface area contributed by atoms with Crippen molar-refractivity contribution in [3.8, 4) is 0 Å². The Morgan fingerprint density at radius 3 is 2.20 bits per heavy atom. The van der Waals surface area contributed by atoms with Gasteiger partial charge in [0.15, 0.2) is 0 Å². The van der Waals surface area contributed by atoms with Crippen LogP contribution in [0.15, 0.2) is 24.3 Å². The van der Waals surface area contributed by atoms with Crippen LogP contribution in [-0.4, -0.2) is 26.0 Å². The normalized spacial score (nSPS) is 19.4. The fourth-order valence-electron chi connectivity index (χ4n) is 2.62. The maximum absolute atomic E-state index is 11.4. The van der Waals surface area contributed by atoms with Gasteiger partial charge in [-0.15, -0.1) is 0 Å². The van der Waals surface area contributed by atoms with Crippen LogP contribution < -0.4 is 5.32 Å². The molecule has 0 spiro atoms. The molecule has 2 rings (SSSR count). The lowest BCUT2D eigenvalue weighted by molar-refractivity contribution is 0.463. The second-order valence-electron chi connectivity index (χ2n) is 6.22. The van der Waals surface area contributed by atoms with Gasteiger partial charge in [0.25, 0.3) is 0 Å². The standard InChI is InChI=1S/C16H25NO2S/c1-13(2)11-14-3-5-15(6-4-14)12-17-16-7-9-20(18,19)10-8-16/h3-6,13,16-17H,7-12H2,1-2H3. The Kier molecular flexibility index (Phi) is 5.22. The summed E-state index contributed by atoms with van der Waals surface area (Å²) in [6.45, 7) is 5.28. The highest BCUT2D eigenvalue weighted by atomic mass is 32.2. The lowest BCUT2D eigenvalue weighted by Gasteiger charge is -2.23. The van der Waals surface area contributed by atoms with Gasteiger partial charge in [0.05, 0.1) is 11.5 Å². The minimum absolute atomic E-state index is 0.331. The molecule has 20 heavy (non-hydrogen) atoms. The summed E-state index contributed by atoms with van der Waals surface area (Å²) in [5.74, 6) is 1.35. The van der Waals surface area contributed by atoms with Crippen molar-refractivity contribution in [3.05, 3.63) is 35.4 Å². The molecule has 1 fully saturated rings. The average Bonchev–Trinajstić information content (AvgIpc) is 2.38. The van der Waals surface area contributed by atoms with Crippen LogP contribution in [0.1, 0.15) is 37.8 Å². The van der Waals surface area contributed by atoms with Crippen LogP contribution >= 0.6 is 0 Å². The number of benzene rings is 1. The Balaban J connectivity index is 1.80. The lowest BCUT2D eigenvalue weighted by atomic mass is 10.0. The fraction of sp³-hybridized carbons (Fsp3) is 0.625. The zero-order chi connectivity index (χ0) is 14.6. The van der Waals surface area contributed by atoms with Crippen molar-refractivity contribution in [1.82, 2.24) is 5.32 Å². The first-order valence-electron chi connectivity index (χ1n) is 7.46. The molecule has 0 aromatic heterocycles. The molecule has 1 heterocycles. The van der Waals surface area contributed by atoms with E-state index < -0.39 is 9.84 Å². The SMILES string of the molecule is CC(C)Cc1ccc(CNC2CCS(=O)(=O)CC2)cc1. The summed E-state index contributed by atoms with van der Waals surface area (Å²) in [6.07, 6.45) is 2.61. The first-order chi connectivity index (χ1) is 9.44. The van der Waals surface area contributed by atoms with Gasteiger partial charge in [-0.1, -0.05) is 38.1 Å². The van der Waals surface area contributed by atoms with Gasteiger partial charge >= 0.3 is 0 Å². The molecule has 1 aromatic carbocycles. The largest absolute Gasteiger partial charge is 0.310 e. The molecule has 0 saturated carbocycles. The molecule has 1 aromatic rings. The van der Waals surface area contributed by atoms with E-state index in [4.69, 9.17) is 0 Å². The van der Waals surface area contributed by atoms with E-state index in [1.807, 2.05) is 0 Å². The van der Waals surface area contributed by atoms with Gasteiger partial charge < -0.3 is 5.32 Å². The third kappa shape index (κ3) is 4.91. The lowest BCUT2D eigenvalue weighted by Crippen LogP contribution is -2.37. The number of nitrogens with one attached hydrogen (secondary N) is 1. The van der Waals surface area contributed by atoms with Gasteiger partial charge in [-0.05, 0) is 36.3 Å². The summed E-state index contributed by atoms with van der Waals surface area (Å²) in [5, 5.41) is 3.47. The molecule has 0 amide bonds. The van der Waals surface area contributed by atoms with Gasteiger partial charge in [0.1, 0.15) is 9.84 Å². The molecule has 3 nitrogen and oxygen atoms in total. The van der Waals surface area contributed by atoms with E-state index in [1.165, 1.54) is 11.1 Å². The molecule has 1 saturated heterocycles. The van der Waals surface area contributed by atoms with Gasteiger partial charge in [0, 0.05) is 12.6 Å². The molecule has 4 heteroatoms. The Labute approximate surface area is 122 Å². The van der Waals surface area contributed by atoms with Crippen LogP contribution in [0.25, 0.3) is 0 Å². The predicted octanol–water partition coefficient (Wildman–Crippen LogP) is 2.55. The summed E-state index contributed by atoms with van der Waals surface area (Å²) in [5.41, 5.74) is 2.65. The second-order valence-corrected chi connectivity index (χ2v) is 8.53. The zero-order valence-electron chi connectivity index (χ0n) is 12.4. The average molecular weight is 295 g/mol. The van der Waals surface area contributed by atoms with Crippen molar-refractivity contribution in [2.45, 2.75) is 45.7 Å². The Hall–Kier alpha value is -0.870. The number of hydrogen-bond acceptors (Lipinski definition) is 3. The molecular weight excluding hydrogens is 270 g/mol. The van der Waals surface area contributed by atoms with Crippen molar-refractivity contribution in [1.29, 1.82) is 0 Å². The van der Waals surface area contributed by atoms with Gasteiger partial charge in [0.2, 0.25) is 0 Å². The first-order valence-corrected chi connectivity index (χ1v) is 9.28. The van der Waals surface area contributed by atoms with Gasteiger partial charge in [-0.25, -0.2) is 8.42 Å². The van der Waals surface area contributed by atoms with Crippen LogP contribution in [0, 0.1) is 5.92 Å². The van der Waals surface area contributed by atoms with Crippen molar-refractivity contribution in [3.63, 3.8) is 0 Å². The molecule has 0 aliphatic carbocycles. The van der Waals surface area contributed by atoms with E-state index in [0.717, 1.165) is 25.8 Å². The fourth-order valence-corrected chi connectivity index (χ4v) is 4.11. The van der Waals surface area contributed by atoms with Crippen molar-refractivity contribution < 1.29 is 8.42 Å². The molecule has 1 N–H and O–H groups in total. The van der Waals surface area contributed by atoms with Gasteiger partial charge in [-0.2, -0.15) is 0 Å². The second kappa shape index (κ2) is 6.72. The Morgan fingerprint density at radius 1 is 1.10 bits per heavy atom. The Bertz CT molecular complexity index is 506. The number of sulfone groups is 1. The summed E-state index contributed by atoms with van der Waals surface area (Å²) in [4.78, 5) is 0. The molecule has 0 radical (unpaired) electrons. The van der Waals surface area contributed by atoms with Crippen molar-refractivity contribution in [2.24, 2.45) is 5.92 Å². The minimum Gasteiger partial charge on any atom is -0.310 e. The highest BCUT2D eigenvalue weighted by Crippen LogP contribution is 2.14. The number of rotatable bonds is 5. The van der Waals surface area contributed by atoms with Crippen molar-refractivity contribution in [2.75, 3.05) is 11.5 Å². The topological polar surface area (TPSA) is 46.2 Å². The van der Waals surface area contributed by atoms with Gasteiger partial charge in [-0.3, -0.25) is 0 Å². The molecule has 1 aliphatic rings. The maximum Gasteiger partial charge on any atom is 0.150 e. The molecule has 0 bridgehead atoms. The van der Waals surface area contributed by atoms with E-state index in [2.05, 4.69) is 43.4 Å². The summed E-state index contributed by atoms with van der Waals surface area (Å²) in [6, 6.07) is 9.08. The third-order valence-electron chi connectivity index (χ3n) is 3.82. The molecule has 0 unspecified atom stereocenters. The quantitative estimate of drug-likeness (QED) is 0.908. The van der Waals surface area contributed by atoms with Crippen LogP contribution in [0.4, 0.5) is 0 Å². The highest BCUT2D eigenvalue weighted by molar-refractivity contribution is 7.91. The summed E-state index contributed by atoms with van der Waals surface area (Å²) in [7, 11) is -2.76. The third-order valence-corrected chi connectivity index (χ3v) is 5.53. The van der Waals surface area contributed by atoms with E-state index in [0.29, 0.717) is 23.5 Å². The van der Waals surface area contributed by atoms with Crippen LogP contribution in [0.5, 0.6) is 0 Å². The molecular formula is C16H25NO2S. The highest BCUT2D eigenvalue weighted by Gasteiger charge is 2.22. The molecule has 112 valence electrons.